The maximum atomic E-state index is 4.58. The summed E-state index contributed by atoms with van der Waals surface area (Å²) < 4.78 is 2.18. The van der Waals surface area contributed by atoms with E-state index < -0.39 is 0 Å². The number of aromatic nitrogens is 2. The highest BCUT2D eigenvalue weighted by Crippen LogP contribution is 2.11. The van der Waals surface area contributed by atoms with E-state index in [9.17, 15) is 0 Å². The fourth-order valence-electron chi connectivity index (χ4n) is 2.83. The molecule has 19 heavy (non-hydrogen) atoms. The van der Waals surface area contributed by atoms with E-state index in [1.54, 1.807) is 0 Å². The predicted octanol–water partition coefficient (Wildman–Crippen LogP) is 1.83. The molecule has 0 atom stereocenters. The highest BCUT2D eigenvalue weighted by Gasteiger charge is 2.11. The number of nitrogens with one attached hydrogen (secondary N) is 1. The molecule has 0 saturated carbocycles. The van der Waals surface area contributed by atoms with Crippen molar-refractivity contribution in [1.82, 2.24) is 19.6 Å². The molecular formula is C15H22N4. The van der Waals surface area contributed by atoms with Gasteiger partial charge in [-0.1, -0.05) is 6.07 Å². The first kappa shape index (κ1) is 12.6. The van der Waals surface area contributed by atoms with Gasteiger partial charge in [-0.15, -0.1) is 0 Å². The van der Waals surface area contributed by atoms with E-state index in [1.807, 2.05) is 6.07 Å². The van der Waals surface area contributed by atoms with Gasteiger partial charge in [0.1, 0.15) is 5.65 Å². The molecule has 0 unspecified atom stereocenters. The third-order valence-electron chi connectivity index (χ3n) is 3.92. The zero-order valence-electron chi connectivity index (χ0n) is 11.6. The minimum atomic E-state index is 0.894. The summed E-state index contributed by atoms with van der Waals surface area (Å²) in [5.74, 6) is 0. The molecule has 2 aromatic rings. The first-order valence-electron chi connectivity index (χ1n) is 7.20. The average molecular weight is 258 g/mol. The Balaban J connectivity index is 1.57. The largest absolute Gasteiger partial charge is 0.310 e. The third kappa shape index (κ3) is 2.80. The summed E-state index contributed by atoms with van der Waals surface area (Å²) in [6, 6.07) is 6.15. The zero-order chi connectivity index (χ0) is 13.1. The molecule has 1 fully saturated rings. The predicted molar refractivity (Wildman–Crippen MR) is 77.3 cm³/mol. The molecule has 3 rings (SSSR count). The van der Waals surface area contributed by atoms with Crippen molar-refractivity contribution >= 4 is 5.65 Å². The van der Waals surface area contributed by atoms with Crippen LogP contribution in [0.1, 0.15) is 24.2 Å². The molecular weight excluding hydrogens is 236 g/mol. The SMILES string of the molecule is Cc1nc2ccccn2c1CNCCN1CCCC1. The lowest BCUT2D eigenvalue weighted by molar-refractivity contribution is 0.335. The normalized spacial score (nSPS) is 16.5. The second-order valence-corrected chi connectivity index (χ2v) is 5.30. The fraction of sp³-hybridized carbons (Fsp3) is 0.533. The molecule has 1 aliphatic rings. The van der Waals surface area contributed by atoms with Crippen LogP contribution in [0.3, 0.4) is 0 Å². The Morgan fingerprint density at radius 1 is 1.26 bits per heavy atom. The van der Waals surface area contributed by atoms with E-state index in [-0.39, 0.29) is 0 Å². The number of pyridine rings is 1. The van der Waals surface area contributed by atoms with E-state index in [1.165, 1.54) is 31.6 Å². The lowest BCUT2D eigenvalue weighted by Gasteiger charge is -2.14. The summed E-state index contributed by atoms with van der Waals surface area (Å²) in [5.41, 5.74) is 3.44. The van der Waals surface area contributed by atoms with E-state index >= 15 is 0 Å². The molecule has 1 aliphatic heterocycles. The van der Waals surface area contributed by atoms with Crippen molar-refractivity contribution in [2.24, 2.45) is 0 Å². The second-order valence-electron chi connectivity index (χ2n) is 5.30. The van der Waals surface area contributed by atoms with Crippen LogP contribution in [0, 0.1) is 6.92 Å². The minimum absolute atomic E-state index is 0.894. The van der Waals surface area contributed by atoms with Crippen molar-refractivity contribution in [3.05, 3.63) is 35.8 Å². The fourth-order valence-corrected chi connectivity index (χ4v) is 2.83. The van der Waals surface area contributed by atoms with E-state index in [2.05, 4.69) is 44.9 Å². The highest BCUT2D eigenvalue weighted by molar-refractivity contribution is 5.42. The van der Waals surface area contributed by atoms with Crippen molar-refractivity contribution in [2.75, 3.05) is 26.2 Å². The molecule has 1 N–H and O–H groups in total. The number of likely N-dealkylation sites (tertiary alicyclic amines) is 1. The van der Waals surface area contributed by atoms with Crippen LogP contribution in [-0.4, -0.2) is 40.5 Å². The number of rotatable bonds is 5. The molecule has 4 heteroatoms. The number of hydrogen-bond donors (Lipinski definition) is 1. The van der Waals surface area contributed by atoms with Crippen LogP contribution in [0.25, 0.3) is 5.65 Å². The number of aryl methyl sites for hydroxylation is 1. The Kier molecular flexibility index (Phi) is 3.80. The van der Waals surface area contributed by atoms with Crippen molar-refractivity contribution in [3.63, 3.8) is 0 Å². The van der Waals surface area contributed by atoms with Crippen LogP contribution in [-0.2, 0) is 6.54 Å². The van der Waals surface area contributed by atoms with Crippen LogP contribution in [0.15, 0.2) is 24.4 Å². The Bertz CT molecular complexity index is 540. The lowest BCUT2D eigenvalue weighted by atomic mass is 10.3. The Hall–Kier alpha value is -1.39. The number of hydrogen-bond acceptors (Lipinski definition) is 3. The Labute approximate surface area is 114 Å². The molecule has 0 bridgehead atoms. The van der Waals surface area contributed by atoms with Crippen LogP contribution in [0.4, 0.5) is 0 Å². The van der Waals surface area contributed by atoms with Crippen molar-refractivity contribution < 1.29 is 0 Å². The maximum Gasteiger partial charge on any atom is 0.137 e. The first-order chi connectivity index (χ1) is 9.34. The van der Waals surface area contributed by atoms with Gasteiger partial charge in [0.05, 0.1) is 11.4 Å². The summed E-state index contributed by atoms with van der Waals surface area (Å²) in [4.78, 5) is 7.12. The van der Waals surface area contributed by atoms with Gasteiger partial charge in [0.25, 0.3) is 0 Å². The molecule has 0 amide bonds. The minimum Gasteiger partial charge on any atom is -0.310 e. The summed E-state index contributed by atoms with van der Waals surface area (Å²) in [5, 5.41) is 3.55. The van der Waals surface area contributed by atoms with E-state index in [0.717, 1.165) is 31.0 Å². The smallest absolute Gasteiger partial charge is 0.137 e. The van der Waals surface area contributed by atoms with Gasteiger partial charge in [0.15, 0.2) is 0 Å². The van der Waals surface area contributed by atoms with Gasteiger partial charge in [-0.05, 0) is 45.0 Å². The second kappa shape index (κ2) is 5.72. The van der Waals surface area contributed by atoms with Gasteiger partial charge >= 0.3 is 0 Å². The zero-order valence-corrected chi connectivity index (χ0v) is 11.6. The van der Waals surface area contributed by atoms with Gasteiger partial charge in [-0.25, -0.2) is 4.98 Å². The molecule has 0 spiro atoms. The van der Waals surface area contributed by atoms with Crippen LogP contribution >= 0.6 is 0 Å². The van der Waals surface area contributed by atoms with E-state index in [0.29, 0.717) is 0 Å². The average Bonchev–Trinajstić information content (AvgIpc) is 3.02. The van der Waals surface area contributed by atoms with Crippen molar-refractivity contribution in [1.29, 1.82) is 0 Å². The van der Waals surface area contributed by atoms with Crippen molar-refractivity contribution in [3.8, 4) is 0 Å². The standard InChI is InChI=1S/C15H22N4/c1-13-14(19-10-3-2-6-15(19)17-13)12-16-7-11-18-8-4-5-9-18/h2-3,6,10,16H,4-5,7-9,11-12H2,1H3. The van der Waals surface area contributed by atoms with Crippen LogP contribution < -0.4 is 5.32 Å². The first-order valence-corrected chi connectivity index (χ1v) is 7.20. The lowest BCUT2D eigenvalue weighted by Crippen LogP contribution is -2.30. The molecule has 102 valence electrons. The Morgan fingerprint density at radius 2 is 2.11 bits per heavy atom. The maximum absolute atomic E-state index is 4.58. The van der Waals surface area contributed by atoms with Crippen LogP contribution in [0.5, 0.6) is 0 Å². The molecule has 0 radical (unpaired) electrons. The summed E-state index contributed by atoms with van der Waals surface area (Å²) in [6.45, 7) is 7.75. The molecule has 0 aliphatic carbocycles. The summed E-state index contributed by atoms with van der Waals surface area (Å²) >= 11 is 0. The molecule has 3 heterocycles. The monoisotopic (exact) mass is 258 g/mol. The van der Waals surface area contributed by atoms with Gasteiger partial charge < -0.3 is 14.6 Å². The van der Waals surface area contributed by atoms with Crippen LogP contribution in [0.2, 0.25) is 0 Å². The number of nitrogens with zero attached hydrogens (tertiary/aromatic N) is 3. The molecule has 1 saturated heterocycles. The summed E-state index contributed by atoms with van der Waals surface area (Å²) in [6.07, 6.45) is 4.82. The molecule has 0 aromatic carbocycles. The van der Waals surface area contributed by atoms with E-state index in [4.69, 9.17) is 0 Å². The topological polar surface area (TPSA) is 32.6 Å². The third-order valence-corrected chi connectivity index (χ3v) is 3.92. The quantitative estimate of drug-likeness (QED) is 0.831. The number of imidazole rings is 1. The molecule has 2 aromatic heterocycles. The van der Waals surface area contributed by atoms with Gasteiger partial charge in [-0.3, -0.25) is 0 Å². The van der Waals surface area contributed by atoms with Gasteiger partial charge in [0.2, 0.25) is 0 Å². The molecule has 4 nitrogen and oxygen atoms in total. The van der Waals surface area contributed by atoms with Gasteiger partial charge in [-0.2, -0.15) is 0 Å². The highest BCUT2D eigenvalue weighted by atomic mass is 15.2. The Morgan fingerprint density at radius 3 is 2.95 bits per heavy atom. The van der Waals surface area contributed by atoms with Crippen molar-refractivity contribution in [2.45, 2.75) is 26.3 Å². The number of fused-ring (bicyclic) bond motifs is 1. The summed E-state index contributed by atoms with van der Waals surface area (Å²) in [7, 11) is 0. The van der Waals surface area contributed by atoms with Gasteiger partial charge in [0, 0.05) is 25.8 Å².